The molecule has 0 fully saturated rings. The van der Waals surface area contributed by atoms with Crippen LogP contribution in [0, 0.1) is 0 Å². The highest BCUT2D eigenvalue weighted by Gasteiger charge is 2.14. The van der Waals surface area contributed by atoms with E-state index in [4.69, 9.17) is 5.02 Å². The summed E-state index contributed by atoms with van der Waals surface area (Å²) in [5.74, 6) is 0. The Kier molecular flexibility index (Phi) is 1.71. The number of nitrogens with zero attached hydrogens (tertiary/aromatic N) is 1. The van der Waals surface area contributed by atoms with Crippen LogP contribution in [0.2, 0.25) is 6.82 Å². The van der Waals surface area contributed by atoms with Crippen LogP contribution in [0.1, 0.15) is 0 Å². The molecule has 0 saturated heterocycles. The lowest BCUT2D eigenvalue weighted by Gasteiger charge is -2.13. The van der Waals surface area contributed by atoms with E-state index in [0.717, 1.165) is 13.1 Å². The van der Waals surface area contributed by atoms with Gasteiger partial charge in [-0.3, -0.25) is 0 Å². The van der Waals surface area contributed by atoms with Gasteiger partial charge in [0.25, 0.3) is 0 Å². The summed E-state index contributed by atoms with van der Waals surface area (Å²) in [6, 6.07) is 0. The van der Waals surface area contributed by atoms with Crippen LogP contribution in [0.4, 0.5) is 0 Å². The molecule has 0 bridgehead atoms. The molecule has 1 aliphatic rings. The minimum Gasteiger partial charge on any atom is -0.437 e. The second-order valence-electron chi connectivity index (χ2n) is 2.06. The van der Waals surface area contributed by atoms with Gasteiger partial charge >= 0.3 is 7.05 Å². The van der Waals surface area contributed by atoms with Crippen LogP contribution in [0.3, 0.4) is 0 Å². The lowest BCUT2D eigenvalue weighted by atomic mass is 9.86. The molecule has 1 aliphatic heterocycles. The maximum absolute atomic E-state index is 8.94. The fraction of sp³-hybridized carbons (Fsp3) is 0.600. The monoisotopic (exact) mass is 111 g/mol. The Hall–Kier alpha value is -0.275. The maximum Gasteiger partial charge on any atom is 0.376 e. The summed E-state index contributed by atoms with van der Waals surface area (Å²) >= 11 is 0. The van der Waals surface area contributed by atoms with E-state index in [9.17, 15) is 0 Å². The topological polar surface area (TPSA) is 23.5 Å². The van der Waals surface area contributed by atoms with Gasteiger partial charge in [-0.15, -0.1) is 0 Å². The maximum atomic E-state index is 8.94. The molecule has 0 aromatic carbocycles. The second-order valence-corrected chi connectivity index (χ2v) is 2.06. The average molecular weight is 111 g/mol. The highest BCUT2D eigenvalue weighted by atomic mass is 16.2. The first-order chi connectivity index (χ1) is 3.80. The summed E-state index contributed by atoms with van der Waals surface area (Å²) in [5, 5.41) is 8.94. The van der Waals surface area contributed by atoms with Gasteiger partial charge in [-0.1, -0.05) is 12.2 Å². The Bertz CT molecular complexity index is 94.6. The number of hydrogen-bond acceptors (Lipinski definition) is 2. The van der Waals surface area contributed by atoms with E-state index in [1.54, 1.807) is 6.82 Å². The molecular formula is C5H10BNO. The molecule has 0 spiro atoms. The normalized spacial score (nSPS) is 19.8. The highest BCUT2D eigenvalue weighted by Crippen LogP contribution is 1.98. The Morgan fingerprint density at radius 1 is 1.50 bits per heavy atom. The van der Waals surface area contributed by atoms with Crippen LogP contribution in [-0.2, 0) is 0 Å². The van der Waals surface area contributed by atoms with E-state index in [2.05, 4.69) is 12.2 Å². The number of hydrogen-bond donors (Lipinski definition) is 1. The zero-order valence-electron chi connectivity index (χ0n) is 5.04. The van der Waals surface area contributed by atoms with Gasteiger partial charge in [-0.05, 0) is 6.82 Å². The molecule has 0 atom stereocenters. The molecule has 1 heterocycles. The van der Waals surface area contributed by atoms with Gasteiger partial charge < -0.3 is 9.83 Å². The first-order valence-corrected chi connectivity index (χ1v) is 2.88. The Morgan fingerprint density at radius 2 is 2.00 bits per heavy atom. The van der Waals surface area contributed by atoms with Crippen molar-refractivity contribution in [2.45, 2.75) is 6.82 Å². The molecule has 0 radical (unpaired) electrons. The predicted molar refractivity (Wildman–Crippen MR) is 34.5 cm³/mol. The molecule has 44 valence electrons. The van der Waals surface area contributed by atoms with E-state index < -0.39 is 0 Å². The standard InChI is InChI=1S/C5H10BNO/c1-6(8)7-4-2-3-5-7/h2-3,8H,4-5H2,1H3. The van der Waals surface area contributed by atoms with Crippen molar-refractivity contribution < 1.29 is 5.02 Å². The summed E-state index contributed by atoms with van der Waals surface area (Å²) in [5.41, 5.74) is 0. The van der Waals surface area contributed by atoms with Gasteiger partial charge in [0.1, 0.15) is 0 Å². The predicted octanol–water partition coefficient (Wildman–Crippen LogP) is -0.0315. The lowest BCUT2D eigenvalue weighted by Crippen LogP contribution is -2.34. The van der Waals surface area contributed by atoms with Crippen molar-refractivity contribution in [1.82, 2.24) is 4.81 Å². The summed E-state index contributed by atoms with van der Waals surface area (Å²) in [6.45, 7) is 3.59. The minimum absolute atomic E-state index is 0.287. The minimum atomic E-state index is -0.287. The molecule has 3 heteroatoms. The van der Waals surface area contributed by atoms with E-state index >= 15 is 0 Å². The van der Waals surface area contributed by atoms with Crippen LogP contribution < -0.4 is 0 Å². The number of rotatable bonds is 1. The zero-order valence-corrected chi connectivity index (χ0v) is 5.04. The van der Waals surface area contributed by atoms with Crippen molar-refractivity contribution in [3.63, 3.8) is 0 Å². The lowest BCUT2D eigenvalue weighted by molar-refractivity contribution is 0.435. The molecule has 0 aliphatic carbocycles. The van der Waals surface area contributed by atoms with Crippen molar-refractivity contribution in [2.75, 3.05) is 13.1 Å². The SMILES string of the molecule is CB(O)N1CC=CC1. The largest absolute Gasteiger partial charge is 0.437 e. The fourth-order valence-electron chi connectivity index (χ4n) is 0.799. The molecule has 8 heavy (non-hydrogen) atoms. The molecule has 1 N–H and O–H groups in total. The van der Waals surface area contributed by atoms with Crippen LogP contribution in [-0.4, -0.2) is 30.0 Å². The zero-order chi connectivity index (χ0) is 5.98. The third-order valence-corrected chi connectivity index (χ3v) is 1.37. The van der Waals surface area contributed by atoms with Crippen molar-refractivity contribution in [1.29, 1.82) is 0 Å². The molecule has 0 unspecified atom stereocenters. The van der Waals surface area contributed by atoms with Crippen LogP contribution in [0.15, 0.2) is 12.2 Å². The third kappa shape index (κ3) is 1.11. The summed E-state index contributed by atoms with van der Waals surface area (Å²) in [4.78, 5) is 1.97. The first kappa shape index (κ1) is 5.85. The molecule has 0 amide bonds. The third-order valence-electron chi connectivity index (χ3n) is 1.37. The molecule has 0 aromatic heterocycles. The van der Waals surface area contributed by atoms with Gasteiger partial charge in [0.15, 0.2) is 0 Å². The van der Waals surface area contributed by atoms with Crippen molar-refractivity contribution >= 4 is 7.05 Å². The molecule has 2 nitrogen and oxygen atoms in total. The molecule has 1 rings (SSSR count). The van der Waals surface area contributed by atoms with Gasteiger partial charge in [0.2, 0.25) is 0 Å². The van der Waals surface area contributed by atoms with Gasteiger partial charge in [-0.2, -0.15) is 0 Å². The quantitative estimate of drug-likeness (QED) is 0.379. The Balaban J connectivity index is 2.29. The van der Waals surface area contributed by atoms with E-state index in [0.29, 0.717) is 0 Å². The van der Waals surface area contributed by atoms with Crippen LogP contribution in [0.25, 0.3) is 0 Å². The smallest absolute Gasteiger partial charge is 0.376 e. The average Bonchev–Trinajstić information content (AvgIpc) is 2.12. The van der Waals surface area contributed by atoms with Crippen LogP contribution in [0.5, 0.6) is 0 Å². The van der Waals surface area contributed by atoms with Crippen LogP contribution >= 0.6 is 0 Å². The van der Waals surface area contributed by atoms with Gasteiger partial charge in [-0.25, -0.2) is 0 Å². The van der Waals surface area contributed by atoms with E-state index in [1.807, 2.05) is 4.81 Å². The second kappa shape index (κ2) is 2.33. The molecule has 0 aromatic rings. The van der Waals surface area contributed by atoms with Gasteiger partial charge in [0, 0.05) is 13.1 Å². The molecule has 0 saturated carbocycles. The van der Waals surface area contributed by atoms with Crippen molar-refractivity contribution in [3.8, 4) is 0 Å². The van der Waals surface area contributed by atoms with E-state index in [1.165, 1.54) is 0 Å². The Labute approximate surface area is 49.9 Å². The molecular weight excluding hydrogens is 101 g/mol. The van der Waals surface area contributed by atoms with Gasteiger partial charge in [0.05, 0.1) is 0 Å². The highest BCUT2D eigenvalue weighted by molar-refractivity contribution is 6.45. The Morgan fingerprint density at radius 3 is 2.25 bits per heavy atom. The first-order valence-electron chi connectivity index (χ1n) is 2.88. The van der Waals surface area contributed by atoms with Crippen molar-refractivity contribution in [2.24, 2.45) is 0 Å². The summed E-state index contributed by atoms with van der Waals surface area (Å²) in [7, 11) is -0.287. The fourth-order valence-corrected chi connectivity index (χ4v) is 0.799. The summed E-state index contributed by atoms with van der Waals surface area (Å²) in [6.07, 6.45) is 4.12. The van der Waals surface area contributed by atoms with E-state index in [-0.39, 0.29) is 7.05 Å². The van der Waals surface area contributed by atoms with Crippen molar-refractivity contribution in [3.05, 3.63) is 12.2 Å². The summed E-state index contributed by atoms with van der Waals surface area (Å²) < 4.78 is 0.